The van der Waals surface area contributed by atoms with Gasteiger partial charge in [-0.1, -0.05) is 32.0 Å². The number of nitrogens with zero attached hydrogens (tertiary/aromatic N) is 1. The van der Waals surface area contributed by atoms with Gasteiger partial charge in [-0.25, -0.2) is 0 Å². The zero-order chi connectivity index (χ0) is 19.1. The van der Waals surface area contributed by atoms with Gasteiger partial charge in [-0.05, 0) is 50.7 Å². The molecule has 0 saturated heterocycles. The lowest BCUT2D eigenvalue weighted by Crippen LogP contribution is -2.37. The van der Waals surface area contributed by atoms with E-state index in [1.807, 2.05) is 51.4 Å². The molecule has 5 nitrogen and oxygen atoms in total. The monoisotopic (exact) mass is 357 g/mol. The van der Waals surface area contributed by atoms with Crippen LogP contribution in [0.4, 0.5) is 5.69 Å². The molecule has 0 aliphatic rings. The van der Waals surface area contributed by atoms with Crippen LogP contribution < -0.4 is 10.6 Å². The molecule has 2 rings (SSSR count). The van der Waals surface area contributed by atoms with E-state index >= 15 is 0 Å². The van der Waals surface area contributed by atoms with Crippen molar-refractivity contribution in [1.82, 2.24) is 10.2 Å². The highest BCUT2D eigenvalue weighted by Crippen LogP contribution is 2.24. The number of carbonyl (C=O) groups is 1. The average molecular weight is 357 g/mol. The quantitative estimate of drug-likeness (QED) is 0.712. The number of hydrogen-bond acceptors (Lipinski definition) is 4. The van der Waals surface area contributed by atoms with Crippen molar-refractivity contribution in [2.75, 3.05) is 26.0 Å². The SMILES string of the molecule is CC(CC(=O)Nc1ccccc1C(C)C)NCC(c1ccco1)N(C)C. The van der Waals surface area contributed by atoms with Crippen LogP contribution in [0.5, 0.6) is 0 Å². The molecule has 2 N–H and O–H groups in total. The maximum absolute atomic E-state index is 12.4. The summed E-state index contributed by atoms with van der Waals surface area (Å²) >= 11 is 0. The van der Waals surface area contributed by atoms with Crippen molar-refractivity contribution in [3.05, 3.63) is 54.0 Å². The average Bonchev–Trinajstić information content (AvgIpc) is 3.09. The molecule has 2 unspecified atom stereocenters. The summed E-state index contributed by atoms with van der Waals surface area (Å²) < 4.78 is 5.52. The van der Waals surface area contributed by atoms with Crippen molar-refractivity contribution in [3.8, 4) is 0 Å². The predicted octanol–water partition coefficient (Wildman–Crippen LogP) is 4.01. The number of anilines is 1. The highest BCUT2D eigenvalue weighted by molar-refractivity contribution is 5.91. The molecule has 0 aliphatic carbocycles. The molecule has 2 aromatic rings. The molecule has 1 heterocycles. The van der Waals surface area contributed by atoms with Crippen LogP contribution in [0.15, 0.2) is 47.1 Å². The van der Waals surface area contributed by atoms with Crippen molar-refractivity contribution < 1.29 is 9.21 Å². The first-order valence-corrected chi connectivity index (χ1v) is 9.20. The Labute approximate surface area is 156 Å². The second-order valence-electron chi connectivity index (χ2n) is 7.30. The second kappa shape index (κ2) is 9.55. The van der Waals surface area contributed by atoms with E-state index in [2.05, 4.69) is 35.4 Å². The molecule has 0 radical (unpaired) electrons. The molecule has 1 aromatic heterocycles. The van der Waals surface area contributed by atoms with Crippen LogP contribution >= 0.6 is 0 Å². The van der Waals surface area contributed by atoms with Crippen molar-refractivity contribution >= 4 is 11.6 Å². The Balaban J connectivity index is 1.87. The fourth-order valence-electron chi connectivity index (χ4n) is 3.00. The third-order valence-electron chi connectivity index (χ3n) is 4.50. The summed E-state index contributed by atoms with van der Waals surface area (Å²) in [6.45, 7) is 7.01. The van der Waals surface area contributed by atoms with Crippen LogP contribution in [0.3, 0.4) is 0 Å². The van der Waals surface area contributed by atoms with Gasteiger partial charge in [-0.15, -0.1) is 0 Å². The summed E-state index contributed by atoms with van der Waals surface area (Å²) in [7, 11) is 4.05. The van der Waals surface area contributed by atoms with E-state index in [9.17, 15) is 4.79 Å². The van der Waals surface area contributed by atoms with Gasteiger partial charge in [0.2, 0.25) is 5.91 Å². The van der Waals surface area contributed by atoms with Gasteiger partial charge < -0.3 is 15.1 Å². The minimum Gasteiger partial charge on any atom is -0.468 e. The lowest BCUT2D eigenvalue weighted by molar-refractivity contribution is -0.116. The molecule has 1 amide bonds. The van der Waals surface area contributed by atoms with E-state index in [4.69, 9.17) is 4.42 Å². The lowest BCUT2D eigenvalue weighted by Gasteiger charge is -2.24. The molecular formula is C21H31N3O2. The van der Waals surface area contributed by atoms with Gasteiger partial charge in [-0.2, -0.15) is 0 Å². The summed E-state index contributed by atoms with van der Waals surface area (Å²) in [6.07, 6.45) is 2.11. The van der Waals surface area contributed by atoms with Crippen LogP contribution in [-0.2, 0) is 4.79 Å². The third-order valence-corrected chi connectivity index (χ3v) is 4.50. The minimum absolute atomic E-state index is 0.0255. The lowest BCUT2D eigenvalue weighted by atomic mass is 10.0. The zero-order valence-electron chi connectivity index (χ0n) is 16.5. The fraction of sp³-hybridized carbons (Fsp3) is 0.476. The van der Waals surface area contributed by atoms with Gasteiger partial charge in [0.25, 0.3) is 0 Å². The number of likely N-dealkylation sites (N-methyl/N-ethyl adjacent to an activating group) is 1. The van der Waals surface area contributed by atoms with Crippen LogP contribution in [0, 0.1) is 0 Å². The molecular weight excluding hydrogens is 326 g/mol. The van der Waals surface area contributed by atoms with Gasteiger partial charge in [0.15, 0.2) is 0 Å². The first-order chi connectivity index (χ1) is 12.4. The zero-order valence-corrected chi connectivity index (χ0v) is 16.5. The molecule has 0 aliphatic heterocycles. The molecule has 26 heavy (non-hydrogen) atoms. The third kappa shape index (κ3) is 5.71. The summed E-state index contributed by atoms with van der Waals surface area (Å²) in [4.78, 5) is 14.5. The standard InChI is InChI=1S/C21H31N3O2/c1-15(2)17-9-6-7-10-18(17)23-21(25)13-16(3)22-14-19(24(4)5)20-11-8-12-26-20/h6-12,15-16,19,22H,13-14H2,1-5H3,(H,23,25). The number of carbonyl (C=O) groups excluding carboxylic acids is 1. The first kappa shape index (κ1) is 20.2. The molecule has 0 spiro atoms. The molecule has 1 aromatic carbocycles. The number of benzene rings is 1. The number of hydrogen-bond donors (Lipinski definition) is 2. The number of nitrogens with one attached hydrogen (secondary N) is 2. The minimum atomic E-state index is 0.0255. The van der Waals surface area contributed by atoms with E-state index in [-0.39, 0.29) is 18.0 Å². The van der Waals surface area contributed by atoms with E-state index in [1.165, 1.54) is 0 Å². The van der Waals surface area contributed by atoms with E-state index in [0.29, 0.717) is 12.3 Å². The second-order valence-corrected chi connectivity index (χ2v) is 7.30. The number of amides is 1. The summed E-state index contributed by atoms with van der Waals surface area (Å²) in [5.74, 6) is 1.32. The maximum atomic E-state index is 12.4. The Morgan fingerprint density at radius 1 is 1.12 bits per heavy atom. The Morgan fingerprint density at radius 3 is 2.46 bits per heavy atom. The van der Waals surface area contributed by atoms with Crippen LogP contribution in [0.25, 0.3) is 0 Å². The highest BCUT2D eigenvalue weighted by Gasteiger charge is 2.19. The van der Waals surface area contributed by atoms with Gasteiger partial charge in [0, 0.05) is 24.7 Å². The largest absolute Gasteiger partial charge is 0.468 e. The van der Waals surface area contributed by atoms with E-state index in [1.54, 1.807) is 6.26 Å². The Bertz CT molecular complexity index is 680. The normalized spacial score (nSPS) is 13.8. The summed E-state index contributed by atoms with van der Waals surface area (Å²) in [5.41, 5.74) is 2.06. The molecule has 0 bridgehead atoms. The highest BCUT2D eigenvalue weighted by atomic mass is 16.3. The Hall–Kier alpha value is -2.11. The van der Waals surface area contributed by atoms with Crippen LogP contribution in [0.1, 0.15) is 50.5 Å². The van der Waals surface area contributed by atoms with Crippen molar-refractivity contribution in [3.63, 3.8) is 0 Å². The Morgan fingerprint density at radius 2 is 1.85 bits per heavy atom. The summed E-state index contributed by atoms with van der Waals surface area (Å²) in [6, 6.07) is 12.1. The van der Waals surface area contributed by atoms with Crippen molar-refractivity contribution in [2.24, 2.45) is 0 Å². The van der Waals surface area contributed by atoms with Gasteiger partial charge in [0.05, 0.1) is 12.3 Å². The molecule has 0 fully saturated rings. The molecule has 2 atom stereocenters. The van der Waals surface area contributed by atoms with Crippen LogP contribution in [0.2, 0.25) is 0 Å². The molecule has 0 saturated carbocycles. The maximum Gasteiger partial charge on any atom is 0.225 e. The summed E-state index contributed by atoms with van der Waals surface area (Å²) in [5, 5.41) is 6.50. The first-order valence-electron chi connectivity index (χ1n) is 9.20. The van der Waals surface area contributed by atoms with Gasteiger partial charge in [0.1, 0.15) is 5.76 Å². The number of rotatable bonds is 9. The topological polar surface area (TPSA) is 57.5 Å². The molecule has 5 heteroatoms. The van der Waals surface area contributed by atoms with Gasteiger partial charge >= 0.3 is 0 Å². The van der Waals surface area contributed by atoms with E-state index in [0.717, 1.165) is 23.6 Å². The van der Waals surface area contributed by atoms with Crippen molar-refractivity contribution in [2.45, 2.75) is 45.2 Å². The smallest absolute Gasteiger partial charge is 0.225 e. The van der Waals surface area contributed by atoms with Crippen LogP contribution in [-0.4, -0.2) is 37.5 Å². The van der Waals surface area contributed by atoms with Crippen molar-refractivity contribution in [1.29, 1.82) is 0 Å². The van der Waals surface area contributed by atoms with E-state index < -0.39 is 0 Å². The number of furan rings is 1. The van der Waals surface area contributed by atoms with Gasteiger partial charge in [-0.3, -0.25) is 9.69 Å². The number of para-hydroxylation sites is 1. The fourth-order valence-corrected chi connectivity index (χ4v) is 3.00. The predicted molar refractivity (Wildman–Crippen MR) is 106 cm³/mol. The molecule has 142 valence electrons. The Kier molecular flexibility index (Phi) is 7.42.